The second kappa shape index (κ2) is 6.45. The first kappa shape index (κ1) is 14.4. The average Bonchev–Trinajstić information content (AvgIpc) is 3.14. The van der Waals surface area contributed by atoms with Crippen LogP contribution in [0.25, 0.3) is 0 Å². The Bertz CT molecular complexity index is 465. The molecule has 2 aliphatic rings. The second-order valence-corrected chi connectivity index (χ2v) is 6.86. The van der Waals surface area contributed by atoms with Crippen molar-refractivity contribution in [1.82, 2.24) is 9.97 Å². The summed E-state index contributed by atoms with van der Waals surface area (Å²) in [5, 5.41) is 3.42. The first-order chi connectivity index (χ1) is 9.79. The lowest BCUT2D eigenvalue weighted by Crippen LogP contribution is -2.23. The molecule has 2 fully saturated rings. The van der Waals surface area contributed by atoms with Crippen molar-refractivity contribution in [1.29, 1.82) is 0 Å². The molecule has 0 unspecified atom stereocenters. The van der Waals surface area contributed by atoms with E-state index >= 15 is 0 Å². The van der Waals surface area contributed by atoms with Crippen LogP contribution in [0.1, 0.15) is 57.1 Å². The van der Waals surface area contributed by atoms with Crippen molar-refractivity contribution in [3.8, 4) is 0 Å². The minimum Gasteiger partial charge on any atom is -0.369 e. The number of aromatic nitrogens is 2. The van der Waals surface area contributed by atoms with Crippen LogP contribution in [0.15, 0.2) is 0 Å². The first-order valence-corrected chi connectivity index (χ1v) is 8.93. The Labute approximate surface area is 134 Å². The molecule has 0 radical (unpaired) electrons. The summed E-state index contributed by atoms with van der Waals surface area (Å²) in [4.78, 5) is 12.1. The normalized spacial score (nSPS) is 19.8. The van der Waals surface area contributed by atoms with Gasteiger partial charge in [0.05, 0.1) is 9.26 Å². The smallest absolute Gasteiger partial charge is 0.227 e. The molecule has 0 atom stereocenters. The van der Waals surface area contributed by atoms with Gasteiger partial charge in [-0.15, -0.1) is 0 Å². The fraction of sp³-hybridized carbons (Fsp3) is 0.733. The third-order valence-corrected chi connectivity index (χ3v) is 5.40. The lowest BCUT2D eigenvalue weighted by atomic mass is 10.0. The predicted octanol–water partition coefficient (Wildman–Crippen LogP) is 3.77. The van der Waals surface area contributed by atoms with Crippen LogP contribution in [-0.4, -0.2) is 29.6 Å². The van der Waals surface area contributed by atoms with Gasteiger partial charge in [-0.3, -0.25) is 0 Å². The Morgan fingerprint density at radius 2 is 1.85 bits per heavy atom. The molecule has 1 aliphatic carbocycles. The number of nitrogens with zero attached hydrogens (tertiary/aromatic N) is 3. The monoisotopic (exact) mass is 386 g/mol. The molecule has 1 N–H and O–H groups in total. The predicted molar refractivity (Wildman–Crippen MR) is 91.6 cm³/mol. The Morgan fingerprint density at radius 1 is 1.15 bits per heavy atom. The SMILES string of the molecule is CCNc1nc(N2CCCC2)nc(C2CCCC2)c1I. The van der Waals surface area contributed by atoms with E-state index in [0.29, 0.717) is 5.92 Å². The highest BCUT2D eigenvalue weighted by Gasteiger charge is 2.25. The maximum absolute atomic E-state index is 4.95. The number of halogens is 1. The molecule has 0 aromatic carbocycles. The van der Waals surface area contributed by atoms with Crippen LogP contribution in [0.4, 0.5) is 11.8 Å². The van der Waals surface area contributed by atoms with Crippen LogP contribution in [-0.2, 0) is 0 Å². The fourth-order valence-corrected chi connectivity index (χ4v) is 4.14. The molecule has 3 rings (SSSR count). The molecule has 1 saturated heterocycles. The second-order valence-electron chi connectivity index (χ2n) is 5.78. The zero-order chi connectivity index (χ0) is 13.9. The van der Waals surface area contributed by atoms with Gasteiger partial charge < -0.3 is 10.2 Å². The first-order valence-electron chi connectivity index (χ1n) is 7.86. The minimum atomic E-state index is 0.642. The molecule has 1 aliphatic heterocycles. The van der Waals surface area contributed by atoms with Gasteiger partial charge in [0.15, 0.2) is 0 Å². The summed E-state index contributed by atoms with van der Waals surface area (Å²) in [6.45, 7) is 5.26. The van der Waals surface area contributed by atoms with Crippen molar-refractivity contribution < 1.29 is 0 Å². The third kappa shape index (κ3) is 2.87. The van der Waals surface area contributed by atoms with Gasteiger partial charge in [-0.1, -0.05) is 12.8 Å². The number of rotatable bonds is 4. The molecule has 0 amide bonds. The number of hydrogen-bond acceptors (Lipinski definition) is 4. The third-order valence-electron chi connectivity index (χ3n) is 4.34. The van der Waals surface area contributed by atoms with Gasteiger partial charge in [-0.05, 0) is 55.2 Å². The number of hydrogen-bond donors (Lipinski definition) is 1. The van der Waals surface area contributed by atoms with Crippen LogP contribution >= 0.6 is 22.6 Å². The highest BCUT2D eigenvalue weighted by Crippen LogP contribution is 2.38. The molecular weight excluding hydrogens is 363 g/mol. The molecule has 1 aromatic rings. The van der Waals surface area contributed by atoms with E-state index in [-0.39, 0.29) is 0 Å². The molecule has 0 bridgehead atoms. The summed E-state index contributed by atoms with van der Waals surface area (Å²) in [7, 11) is 0. The van der Waals surface area contributed by atoms with Crippen LogP contribution < -0.4 is 10.2 Å². The van der Waals surface area contributed by atoms with Crippen molar-refractivity contribution in [2.75, 3.05) is 29.9 Å². The van der Waals surface area contributed by atoms with Gasteiger partial charge in [-0.25, -0.2) is 4.98 Å². The molecule has 4 nitrogen and oxygen atoms in total. The van der Waals surface area contributed by atoms with Crippen LogP contribution in [0.3, 0.4) is 0 Å². The highest BCUT2D eigenvalue weighted by molar-refractivity contribution is 14.1. The van der Waals surface area contributed by atoms with Crippen molar-refractivity contribution in [3.05, 3.63) is 9.26 Å². The summed E-state index contributed by atoms with van der Waals surface area (Å²) in [6.07, 6.45) is 7.81. The van der Waals surface area contributed by atoms with Crippen LogP contribution in [0, 0.1) is 3.57 Å². The van der Waals surface area contributed by atoms with Crippen molar-refractivity contribution in [2.45, 2.75) is 51.4 Å². The van der Waals surface area contributed by atoms with E-state index in [1.54, 1.807) is 0 Å². The summed E-state index contributed by atoms with van der Waals surface area (Å²) in [6, 6.07) is 0. The molecule has 1 saturated carbocycles. The summed E-state index contributed by atoms with van der Waals surface area (Å²) < 4.78 is 1.24. The van der Waals surface area contributed by atoms with Gasteiger partial charge in [-0.2, -0.15) is 4.98 Å². The molecule has 1 aromatic heterocycles. The largest absolute Gasteiger partial charge is 0.369 e. The van der Waals surface area contributed by atoms with Crippen molar-refractivity contribution in [2.24, 2.45) is 0 Å². The summed E-state index contributed by atoms with van der Waals surface area (Å²) in [5.74, 6) is 2.62. The van der Waals surface area contributed by atoms with Gasteiger partial charge in [0, 0.05) is 25.6 Å². The minimum absolute atomic E-state index is 0.642. The standard InChI is InChI=1S/C15H23IN4/c1-2-17-14-12(16)13(11-7-3-4-8-11)18-15(19-14)20-9-5-6-10-20/h11H,2-10H2,1H3,(H,17,18,19). The molecule has 0 spiro atoms. The quantitative estimate of drug-likeness (QED) is 0.800. The summed E-state index contributed by atoms with van der Waals surface area (Å²) in [5.41, 5.74) is 1.29. The topological polar surface area (TPSA) is 41.1 Å². The Kier molecular flexibility index (Phi) is 4.63. The molecule has 20 heavy (non-hydrogen) atoms. The summed E-state index contributed by atoms with van der Waals surface area (Å²) >= 11 is 2.43. The lowest BCUT2D eigenvalue weighted by molar-refractivity contribution is 0.685. The Hall–Kier alpha value is -0.590. The van der Waals surface area contributed by atoms with Crippen LogP contribution in [0.5, 0.6) is 0 Å². The van der Waals surface area contributed by atoms with Crippen molar-refractivity contribution >= 4 is 34.4 Å². The van der Waals surface area contributed by atoms with Gasteiger partial charge in [0.25, 0.3) is 0 Å². The fourth-order valence-electron chi connectivity index (χ4n) is 3.27. The number of anilines is 2. The maximum Gasteiger partial charge on any atom is 0.227 e. The Morgan fingerprint density at radius 3 is 2.50 bits per heavy atom. The van der Waals surface area contributed by atoms with Crippen LogP contribution in [0.2, 0.25) is 0 Å². The van der Waals surface area contributed by atoms with Gasteiger partial charge >= 0.3 is 0 Å². The highest BCUT2D eigenvalue weighted by atomic mass is 127. The molecule has 2 heterocycles. The van der Waals surface area contributed by atoms with E-state index in [2.05, 4.69) is 39.7 Å². The zero-order valence-electron chi connectivity index (χ0n) is 12.2. The lowest BCUT2D eigenvalue weighted by Gasteiger charge is -2.21. The van der Waals surface area contributed by atoms with E-state index in [4.69, 9.17) is 9.97 Å². The van der Waals surface area contributed by atoms with E-state index in [9.17, 15) is 0 Å². The van der Waals surface area contributed by atoms with E-state index in [1.165, 1.54) is 47.8 Å². The van der Waals surface area contributed by atoms with E-state index < -0.39 is 0 Å². The Balaban J connectivity index is 1.97. The van der Waals surface area contributed by atoms with Crippen molar-refractivity contribution in [3.63, 3.8) is 0 Å². The van der Waals surface area contributed by atoms with E-state index in [1.807, 2.05) is 0 Å². The van der Waals surface area contributed by atoms with Gasteiger partial charge in [0.2, 0.25) is 5.95 Å². The molecular formula is C15H23IN4. The average molecular weight is 386 g/mol. The molecule has 110 valence electrons. The maximum atomic E-state index is 4.95. The number of nitrogens with one attached hydrogen (secondary N) is 1. The van der Waals surface area contributed by atoms with Gasteiger partial charge in [0.1, 0.15) is 5.82 Å². The molecule has 5 heteroatoms. The van der Waals surface area contributed by atoms with E-state index in [0.717, 1.165) is 31.4 Å². The zero-order valence-corrected chi connectivity index (χ0v) is 14.3.